The lowest BCUT2D eigenvalue weighted by molar-refractivity contribution is 0.145. The predicted octanol–water partition coefficient (Wildman–Crippen LogP) is 3.69. The van der Waals surface area contributed by atoms with E-state index in [-0.39, 0.29) is 29.8 Å². The highest BCUT2D eigenvalue weighted by Gasteiger charge is 2.03. The van der Waals surface area contributed by atoms with Crippen LogP contribution < -0.4 is 10.6 Å². The van der Waals surface area contributed by atoms with Crippen LogP contribution >= 0.6 is 39.9 Å². The lowest BCUT2D eigenvalue weighted by Crippen LogP contribution is -2.38. The van der Waals surface area contributed by atoms with Gasteiger partial charge in [0.25, 0.3) is 0 Å². The van der Waals surface area contributed by atoms with Gasteiger partial charge in [-0.05, 0) is 32.4 Å². The van der Waals surface area contributed by atoms with E-state index in [1.165, 1.54) is 6.07 Å². The molecule has 1 rings (SSSR count). The zero-order valence-corrected chi connectivity index (χ0v) is 16.9. The fourth-order valence-electron chi connectivity index (χ4n) is 1.68. The van der Waals surface area contributed by atoms with Crippen LogP contribution in [0.1, 0.15) is 25.8 Å². The first-order valence-corrected chi connectivity index (χ1v) is 8.00. The van der Waals surface area contributed by atoms with Crippen LogP contribution in [0, 0.1) is 5.82 Å². The average molecular weight is 488 g/mol. The van der Waals surface area contributed by atoms with Crippen LogP contribution in [0.2, 0.25) is 0 Å². The van der Waals surface area contributed by atoms with E-state index in [9.17, 15) is 4.39 Å². The zero-order valence-electron chi connectivity index (χ0n) is 13.0. The number of guanidine groups is 1. The molecule has 4 nitrogen and oxygen atoms in total. The molecule has 0 fully saturated rings. The van der Waals surface area contributed by atoms with Gasteiger partial charge >= 0.3 is 0 Å². The maximum absolute atomic E-state index is 13.7. The molecule has 0 aliphatic heterocycles. The van der Waals surface area contributed by atoms with Crippen molar-refractivity contribution in [1.82, 2.24) is 10.6 Å². The molecule has 0 amide bonds. The fourth-order valence-corrected chi connectivity index (χ4v) is 2.01. The Labute approximate surface area is 157 Å². The molecule has 0 bridgehead atoms. The van der Waals surface area contributed by atoms with Gasteiger partial charge in [0.15, 0.2) is 5.96 Å². The normalized spacial score (nSPS) is 11.0. The second kappa shape index (κ2) is 13.1. The molecule has 126 valence electrons. The number of hydrogen-bond donors (Lipinski definition) is 2. The largest absolute Gasteiger partial charge is 0.382 e. The minimum Gasteiger partial charge on any atom is -0.382 e. The summed E-state index contributed by atoms with van der Waals surface area (Å²) in [6.45, 7) is 7.28. The Balaban J connectivity index is 0.00000441. The Morgan fingerprint density at radius 2 is 2.09 bits per heavy atom. The number of halogens is 3. The van der Waals surface area contributed by atoms with Gasteiger partial charge in [0.1, 0.15) is 5.82 Å². The predicted molar refractivity (Wildman–Crippen MR) is 103 cm³/mol. The molecule has 0 heterocycles. The minimum atomic E-state index is -0.250. The molecule has 0 aromatic heterocycles. The average Bonchev–Trinajstić information content (AvgIpc) is 2.46. The van der Waals surface area contributed by atoms with Gasteiger partial charge in [0.2, 0.25) is 0 Å². The maximum atomic E-state index is 13.7. The van der Waals surface area contributed by atoms with Crippen LogP contribution in [0.3, 0.4) is 0 Å². The summed E-state index contributed by atoms with van der Waals surface area (Å²) < 4.78 is 19.7. The number of hydrogen-bond acceptors (Lipinski definition) is 2. The van der Waals surface area contributed by atoms with Gasteiger partial charge in [-0.1, -0.05) is 22.0 Å². The molecule has 1 aromatic carbocycles. The van der Waals surface area contributed by atoms with Crippen molar-refractivity contribution in [2.75, 3.05) is 26.3 Å². The van der Waals surface area contributed by atoms with E-state index in [4.69, 9.17) is 4.74 Å². The van der Waals surface area contributed by atoms with Crippen LogP contribution in [-0.4, -0.2) is 32.3 Å². The number of ether oxygens (including phenoxy) is 1. The molecule has 7 heteroatoms. The molecule has 0 atom stereocenters. The first-order valence-electron chi connectivity index (χ1n) is 7.21. The van der Waals surface area contributed by atoms with Crippen molar-refractivity contribution in [2.24, 2.45) is 4.99 Å². The van der Waals surface area contributed by atoms with Gasteiger partial charge < -0.3 is 15.4 Å². The first-order chi connectivity index (χ1) is 10.2. The molecular weight excluding hydrogens is 464 g/mol. The van der Waals surface area contributed by atoms with E-state index in [2.05, 4.69) is 31.6 Å². The zero-order chi connectivity index (χ0) is 15.5. The van der Waals surface area contributed by atoms with Gasteiger partial charge in [-0.2, -0.15) is 0 Å². The van der Waals surface area contributed by atoms with E-state index in [0.717, 1.165) is 37.2 Å². The monoisotopic (exact) mass is 487 g/mol. The highest BCUT2D eigenvalue weighted by atomic mass is 127. The van der Waals surface area contributed by atoms with Crippen LogP contribution in [0.25, 0.3) is 0 Å². The number of nitrogens with zero attached hydrogens (tertiary/aromatic N) is 1. The highest BCUT2D eigenvalue weighted by molar-refractivity contribution is 14.0. The molecule has 0 saturated carbocycles. The van der Waals surface area contributed by atoms with Crippen LogP contribution in [-0.2, 0) is 11.3 Å². The Bertz CT molecular complexity index is 460. The van der Waals surface area contributed by atoms with E-state index in [0.29, 0.717) is 18.1 Å². The third kappa shape index (κ3) is 8.89. The van der Waals surface area contributed by atoms with Crippen molar-refractivity contribution in [3.63, 3.8) is 0 Å². The Hall–Kier alpha value is -0.410. The first kappa shape index (κ1) is 21.6. The molecule has 0 spiro atoms. The lowest BCUT2D eigenvalue weighted by atomic mass is 10.2. The van der Waals surface area contributed by atoms with Crippen LogP contribution in [0.15, 0.2) is 27.7 Å². The van der Waals surface area contributed by atoms with Crippen molar-refractivity contribution in [1.29, 1.82) is 0 Å². The third-order valence-electron chi connectivity index (χ3n) is 2.73. The Morgan fingerprint density at radius 1 is 1.32 bits per heavy atom. The van der Waals surface area contributed by atoms with Crippen molar-refractivity contribution in [2.45, 2.75) is 26.8 Å². The van der Waals surface area contributed by atoms with E-state index >= 15 is 0 Å². The second-order valence-electron chi connectivity index (χ2n) is 4.41. The van der Waals surface area contributed by atoms with E-state index in [1.54, 1.807) is 6.07 Å². The fraction of sp³-hybridized carbons (Fsp3) is 0.533. The molecule has 0 aliphatic rings. The maximum Gasteiger partial charge on any atom is 0.191 e. The summed E-state index contributed by atoms with van der Waals surface area (Å²) >= 11 is 3.24. The van der Waals surface area contributed by atoms with Gasteiger partial charge in [-0.25, -0.2) is 9.38 Å². The summed E-state index contributed by atoms with van der Waals surface area (Å²) in [6, 6.07) is 5.01. The summed E-state index contributed by atoms with van der Waals surface area (Å²) in [7, 11) is 0. The number of rotatable bonds is 8. The second-order valence-corrected chi connectivity index (χ2v) is 5.32. The van der Waals surface area contributed by atoms with Gasteiger partial charge in [-0.15, -0.1) is 24.0 Å². The molecule has 22 heavy (non-hydrogen) atoms. The topological polar surface area (TPSA) is 45.7 Å². The van der Waals surface area contributed by atoms with Crippen LogP contribution in [0.5, 0.6) is 0 Å². The van der Waals surface area contributed by atoms with Crippen LogP contribution in [0.4, 0.5) is 4.39 Å². The molecule has 1 aromatic rings. The minimum absolute atomic E-state index is 0. The molecule has 2 N–H and O–H groups in total. The lowest BCUT2D eigenvalue weighted by Gasteiger charge is -2.11. The van der Waals surface area contributed by atoms with Crippen molar-refractivity contribution in [3.05, 3.63) is 34.1 Å². The number of aliphatic imine (C=N–C) groups is 1. The van der Waals surface area contributed by atoms with Gasteiger partial charge in [0, 0.05) is 36.3 Å². The van der Waals surface area contributed by atoms with E-state index < -0.39 is 0 Å². The molecule has 0 saturated heterocycles. The Morgan fingerprint density at radius 3 is 2.73 bits per heavy atom. The van der Waals surface area contributed by atoms with Crippen molar-refractivity contribution in [3.8, 4) is 0 Å². The Kier molecular flexibility index (Phi) is 12.8. The summed E-state index contributed by atoms with van der Waals surface area (Å²) in [5.41, 5.74) is 0.574. The third-order valence-corrected chi connectivity index (χ3v) is 3.22. The summed E-state index contributed by atoms with van der Waals surface area (Å²) in [4.78, 5) is 4.39. The van der Waals surface area contributed by atoms with Crippen molar-refractivity contribution >= 4 is 45.9 Å². The van der Waals surface area contributed by atoms with Crippen molar-refractivity contribution < 1.29 is 9.13 Å². The standard InChI is InChI=1S/C15H23BrFN3O.HI/c1-3-18-15(19-8-5-9-21-4-2)20-11-12-6-7-13(16)10-14(12)17;/h6-7,10H,3-5,8-9,11H2,1-2H3,(H2,18,19,20);1H. The molecule has 0 unspecified atom stereocenters. The summed E-state index contributed by atoms with van der Waals surface area (Å²) in [5, 5.41) is 6.35. The highest BCUT2D eigenvalue weighted by Crippen LogP contribution is 2.15. The molecule has 0 aliphatic carbocycles. The summed E-state index contributed by atoms with van der Waals surface area (Å²) in [5.74, 6) is 0.441. The van der Waals surface area contributed by atoms with Gasteiger partial charge in [0.05, 0.1) is 6.54 Å². The SMILES string of the molecule is CCNC(=NCc1ccc(Br)cc1F)NCCCOCC.I. The number of nitrogens with one attached hydrogen (secondary N) is 2. The molecular formula is C15H24BrFIN3O. The quantitative estimate of drug-likeness (QED) is 0.254. The summed E-state index contributed by atoms with van der Waals surface area (Å²) in [6.07, 6.45) is 0.908. The smallest absolute Gasteiger partial charge is 0.191 e. The number of benzene rings is 1. The van der Waals surface area contributed by atoms with E-state index in [1.807, 2.05) is 19.9 Å². The molecule has 0 radical (unpaired) electrons. The van der Waals surface area contributed by atoms with Gasteiger partial charge in [-0.3, -0.25) is 0 Å².